The summed E-state index contributed by atoms with van der Waals surface area (Å²) in [7, 11) is 0. The van der Waals surface area contributed by atoms with Gasteiger partial charge in [-0.25, -0.2) is 0 Å². The second-order valence-corrected chi connectivity index (χ2v) is 4.88. The minimum Gasteiger partial charge on any atom is -0.307 e. The Morgan fingerprint density at radius 1 is 1.50 bits per heavy atom. The summed E-state index contributed by atoms with van der Waals surface area (Å²) in [5, 5.41) is 3.76. The Balaban J connectivity index is 1.94. The van der Waals surface area contributed by atoms with Gasteiger partial charge in [0, 0.05) is 24.5 Å². The van der Waals surface area contributed by atoms with Gasteiger partial charge in [0.05, 0.1) is 0 Å². The Morgan fingerprint density at radius 2 is 2.38 bits per heavy atom. The van der Waals surface area contributed by atoms with Gasteiger partial charge in [0.2, 0.25) is 0 Å². The molecule has 0 aliphatic heterocycles. The minimum absolute atomic E-state index is 0.422. The third-order valence-electron chi connectivity index (χ3n) is 3.83. The van der Waals surface area contributed by atoms with Gasteiger partial charge >= 0.3 is 0 Å². The summed E-state index contributed by atoms with van der Waals surface area (Å²) in [4.78, 5) is 4.18. The molecule has 16 heavy (non-hydrogen) atoms. The fourth-order valence-corrected chi connectivity index (χ4v) is 2.79. The van der Waals surface area contributed by atoms with Crippen molar-refractivity contribution in [3.63, 3.8) is 0 Å². The zero-order valence-corrected chi connectivity index (χ0v) is 10.3. The Kier molecular flexibility index (Phi) is 3.94. The molecule has 1 saturated carbocycles. The van der Waals surface area contributed by atoms with E-state index < -0.39 is 0 Å². The molecule has 0 saturated heterocycles. The monoisotopic (exact) mass is 218 g/mol. The number of hydrogen-bond acceptors (Lipinski definition) is 2. The van der Waals surface area contributed by atoms with Gasteiger partial charge in [-0.05, 0) is 37.3 Å². The quantitative estimate of drug-likeness (QED) is 0.838. The molecule has 1 aliphatic carbocycles. The number of nitrogens with zero attached hydrogens (tertiary/aromatic N) is 1. The minimum atomic E-state index is 0.422. The normalized spacial score (nSPS) is 26.9. The molecule has 0 radical (unpaired) electrons. The van der Waals surface area contributed by atoms with Crippen LogP contribution in [0, 0.1) is 5.92 Å². The third-order valence-corrected chi connectivity index (χ3v) is 3.83. The first-order valence-electron chi connectivity index (χ1n) is 6.47. The van der Waals surface area contributed by atoms with E-state index in [0.29, 0.717) is 12.1 Å². The van der Waals surface area contributed by atoms with E-state index in [1.165, 1.54) is 31.2 Å². The van der Waals surface area contributed by atoms with Crippen molar-refractivity contribution < 1.29 is 0 Å². The number of pyridine rings is 1. The van der Waals surface area contributed by atoms with E-state index >= 15 is 0 Å². The SMILES string of the molecule is CCC1CCCC1N[C@H](C)c1cccnc1. The summed E-state index contributed by atoms with van der Waals surface area (Å²) < 4.78 is 0. The molecular formula is C14H22N2. The summed E-state index contributed by atoms with van der Waals surface area (Å²) in [5.41, 5.74) is 1.30. The van der Waals surface area contributed by atoms with E-state index in [-0.39, 0.29) is 0 Å². The number of aromatic nitrogens is 1. The predicted molar refractivity (Wildman–Crippen MR) is 67.2 cm³/mol. The van der Waals surface area contributed by atoms with Crippen LogP contribution in [0.25, 0.3) is 0 Å². The van der Waals surface area contributed by atoms with Crippen LogP contribution in [0.1, 0.15) is 51.1 Å². The van der Waals surface area contributed by atoms with Crippen molar-refractivity contribution in [1.82, 2.24) is 10.3 Å². The lowest BCUT2D eigenvalue weighted by molar-refractivity contribution is 0.360. The molecule has 1 aromatic rings. The standard InChI is InChI=1S/C14H22N2/c1-3-12-6-4-8-14(12)16-11(2)13-7-5-9-15-10-13/h5,7,9-12,14,16H,3-4,6,8H2,1-2H3/t11-,12?,14?/m1/s1. The van der Waals surface area contributed by atoms with Crippen LogP contribution < -0.4 is 5.32 Å². The van der Waals surface area contributed by atoms with E-state index in [9.17, 15) is 0 Å². The molecule has 0 bridgehead atoms. The highest BCUT2D eigenvalue weighted by atomic mass is 15.0. The first kappa shape index (κ1) is 11.6. The molecule has 1 aromatic heterocycles. The summed E-state index contributed by atoms with van der Waals surface area (Å²) in [6, 6.07) is 5.30. The molecule has 2 unspecified atom stereocenters. The van der Waals surface area contributed by atoms with E-state index in [1.807, 2.05) is 18.5 Å². The van der Waals surface area contributed by atoms with E-state index in [4.69, 9.17) is 0 Å². The summed E-state index contributed by atoms with van der Waals surface area (Å²) >= 11 is 0. The average Bonchev–Trinajstić information content (AvgIpc) is 2.77. The van der Waals surface area contributed by atoms with Crippen molar-refractivity contribution in [2.45, 2.75) is 51.6 Å². The highest BCUT2D eigenvalue weighted by Crippen LogP contribution is 2.29. The molecule has 1 fully saturated rings. The van der Waals surface area contributed by atoms with Crippen molar-refractivity contribution in [2.75, 3.05) is 0 Å². The van der Waals surface area contributed by atoms with Gasteiger partial charge in [-0.15, -0.1) is 0 Å². The Morgan fingerprint density at radius 3 is 3.06 bits per heavy atom. The van der Waals surface area contributed by atoms with Crippen LogP contribution in [0.2, 0.25) is 0 Å². The van der Waals surface area contributed by atoms with Crippen LogP contribution >= 0.6 is 0 Å². The molecule has 0 aromatic carbocycles. The molecule has 3 atom stereocenters. The van der Waals surface area contributed by atoms with E-state index in [0.717, 1.165) is 5.92 Å². The third kappa shape index (κ3) is 2.62. The van der Waals surface area contributed by atoms with Gasteiger partial charge in [0.15, 0.2) is 0 Å². The Hall–Kier alpha value is -0.890. The predicted octanol–water partition coefficient (Wildman–Crippen LogP) is 3.31. The van der Waals surface area contributed by atoms with Gasteiger partial charge < -0.3 is 5.32 Å². The average molecular weight is 218 g/mol. The lowest BCUT2D eigenvalue weighted by Gasteiger charge is -2.24. The van der Waals surface area contributed by atoms with Crippen LogP contribution in [-0.4, -0.2) is 11.0 Å². The van der Waals surface area contributed by atoms with Crippen molar-refractivity contribution in [2.24, 2.45) is 5.92 Å². The van der Waals surface area contributed by atoms with Crippen molar-refractivity contribution >= 4 is 0 Å². The lowest BCUT2D eigenvalue weighted by Crippen LogP contribution is -2.34. The second-order valence-electron chi connectivity index (χ2n) is 4.88. The van der Waals surface area contributed by atoms with Gasteiger partial charge in [-0.1, -0.05) is 25.8 Å². The molecule has 2 nitrogen and oxygen atoms in total. The number of nitrogens with one attached hydrogen (secondary N) is 1. The number of rotatable bonds is 4. The Bertz CT molecular complexity index is 310. The van der Waals surface area contributed by atoms with Gasteiger partial charge in [-0.3, -0.25) is 4.98 Å². The van der Waals surface area contributed by atoms with Crippen molar-refractivity contribution in [3.05, 3.63) is 30.1 Å². The topological polar surface area (TPSA) is 24.9 Å². The first-order chi connectivity index (χ1) is 7.81. The molecular weight excluding hydrogens is 196 g/mol. The molecule has 0 amide bonds. The van der Waals surface area contributed by atoms with Crippen molar-refractivity contribution in [3.8, 4) is 0 Å². The van der Waals surface area contributed by atoms with E-state index in [2.05, 4.69) is 30.2 Å². The van der Waals surface area contributed by atoms with Crippen LogP contribution in [0.5, 0.6) is 0 Å². The molecule has 1 N–H and O–H groups in total. The highest BCUT2D eigenvalue weighted by Gasteiger charge is 2.26. The molecule has 1 aliphatic rings. The first-order valence-corrected chi connectivity index (χ1v) is 6.47. The van der Waals surface area contributed by atoms with Crippen molar-refractivity contribution in [1.29, 1.82) is 0 Å². The summed E-state index contributed by atoms with van der Waals surface area (Å²) in [6.07, 6.45) is 9.22. The summed E-state index contributed by atoms with van der Waals surface area (Å²) in [6.45, 7) is 4.54. The zero-order valence-electron chi connectivity index (χ0n) is 10.3. The zero-order chi connectivity index (χ0) is 11.4. The highest BCUT2D eigenvalue weighted by molar-refractivity contribution is 5.13. The van der Waals surface area contributed by atoms with Crippen LogP contribution in [0.4, 0.5) is 0 Å². The maximum atomic E-state index is 4.18. The Labute approximate surface area is 98.5 Å². The smallest absolute Gasteiger partial charge is 0.0315 e. The molecule has 2 heteroatoms. The number of hydrogen-bond donors (Lipinski definition) is 1. The molecule has 0 spiro atoms. The van der Waals surface area contributed by atoms with Gasteiger partial charge in [0.1, 0.15) is 0 Å². The van der Waals surface area contributed by atoms with Crippen LogP contribution in [0.3, 0.4) is 0 Å². The van der Waals surface area contributed by atoms with E-state index in [1.54, 1.807) is 0 Å². The molecule has 1 heterocycles. The molecule has 88 valence electrons. The lowest BCUT2D eigenvalue weighted by atomic mass is 9.99. The van der Waals surface area contributed by atoms with Gasteiger partial charge in [-0.2, -0.15) is 0 Å². The second kappa shape index (κ2) is 5.44. The molecule has 2 rings (SSSR count). The summed E-state index contributed by atoms with van der Waals surface area (Å²) in [5.74, 6) is 0.874. The van der Waals surface area contributed by atoms with Crippen LogP contribution in [-0.2, 0) is 0 Å². The maximum absolute atomic E-state index is 4.18. The largest absolute Gasteiger partial charge is 0.307 e. The fourth-order valence-electron chi connectivity index (χ4n) is 2.79. The maximum Gasteiger partial charge on any atom is 0.0315 e. The van der Waals surface area contributed by atoms with Gasteiger partial charge in [0.25, 0.3) is 0 Å². The fraction of sp³-hybridized carbons (Fsp3) is 0.643. The van der Waals surface area contributed by atoms with Crippen LogP contribution in [0.15, 0.2) is 24.5 Å².